The molecule has 0 heterocycles. The van der Waals surface area contributed by atoms with E-state index in [1.54, 1.807) is 13.8 Å². The van der Waals surface area contributed by atoms with Crippen molar-refractivity contribution < 1.29 is 87.9 Å². The van der Waals surface area contributed by atoms with Crippen molar-refractivity contribution in [3.8, 4) is 0 Å². The first kappa shape index (κ1) is 58.8. The van der Waals surface area contributed by atoms with Gasteiger partial charge in [-0.05, 0) is 133 Å². The molecule has 0 radical (unpaired) electrons. The Morgan fingerprint density at radius 2 is 0.728 bits per heavy atom. The molecule has 0 aromatic heterocycles. The molecule has 418 valence electrons. The normalized spacial score (nSPS) is 13.5. The van der Waals surface area contributed by atoms with Gasteiger partial charge in [-0.3, -0.25) is 32.5 Å². The standard InChI is InChI=1S/C48H36N8O19S6/c1-27-20-31(12-16-41(27)53-51-32-11-15-38-39(22-32)45(78(64,65)66)19-18-44(38)77(61,62)63)49-50-33-10-8-29(46(24-33)79(67,68)69)6-7-30-9-14-36(26-47(30)80(70,71)72)56(57)55-34-13-17-42(28(2)21-34)54-52-35-23-40-37(48(25-35)81(73,74)75)4-3-5-43(40)76(58,59)60/h3-26H,1-2H3,(H6-,55,57,58,59,60,61,62,63,64,65,66,67,68,69,70,71,72,73,74,75)/p+1/b7-6+,50-49?,53-51?. The Bertz CT molecular complexity index is 4860. The fourth-order valence-corrected chi connectivity index (χ4v) is 12.1. The lowest BCUT2D eigenvalue weighted by molar-refractivity contribution is -0.761. The van der Waals surface area contributed by atoms with E-state index in [1.165, 1.54) is 78.9 Å². The molecule has 8 aromatic carbocycles. The fraction of sp³-hybridized carbons (Fsp3) is 0.0417. The monoisotopic (exact) mass is 1220 g/mol. The molecular weight excluding hydrogens is 1180 g/mol. The van der Waals surface area contributed by atoms with Crippen LogP contribution in [0.25, 0.3) is 33.7 Å². The Balaban J connectivity index is 0.997. The zero-order chi connectivity index (χ0) is 59.2. The van der Waals surface area contributed by atoms with Crippen molar-refractivity contribution in [3.05, 3.63) is 156 Å². The van der Waals surface area contributed by atoms with Gasteiger partial charge in [-0.15, -0.1) is 0 Å². The minimum atomic E-state index is -5.06. The molecule has 0 amide bonds. The van der Waals surface area contributed by atoms with E-state index in [-0.39, 0.29) is 83.0 Å². The van der Waals surface area contributed by atoms with Crippen LogP contribution in [-0.2, 0) is 60.7 Å². The predicted octanol–water partition coefficient (Wildman–Crippen LogP) is 11.3. The van der Waals surface area contributed by atoms with E-state index in [9.17, 15) is 83.0 Å². The topological polar surface area (TPSA) is 436 Å². The molecule has 0 bridgehead atoms. The Morgan fingerprint density at radius 1 is 0.346 bits per heavy atom. The van der Waals surface area contributed by atoms with Gasteiger partial charge in [0.15, 0.2) is 0 Å². The van der Waals surface area contributed by atoms with Gasteiger partial charge < -0.3 is 0 Å². The number of nitrogens with zero attached hydrogens (tertiary/aromatic N) is 8. The number of azo groups is 4. The number of fused-ring (bicyclic) bond motifs is 2. The van der Waals surface area contributed by atoms with Crippen LogP contribution in [0.1, 0.15) is 22.3 Å². The largest absolute Gasteiger partial charge is 0.295 e. The summed E-state index contributed by atoms with van der Waals surface area (Å²) < 4.78 is 206. The van der Waals surface area contributed by atoms with Gasteiger partial charge in [-0.2, -0.15) is 81.2 Å². The average Bonchev–Trinajstić information content (AvgIpc) is 3.41. The number of rotatable bonds is 16. The Kier molecular flexibility index (Phi) is 16.0. The third kappa shape index (κ3) is 13.6. The van der Waals surface area contributed by atoms with Crippen molar-refractivity contribution in [1.29, 1.82) is 0 Å². The average molecular weight is 1220 g/mol. The SMILES string of the molecule is Cc1cc(N=Nc2ccc(/C=C/c3ccc([N+](O)=Nc4ccc(N=Nc5cc(S(=O)(=O)O)c6cccc(S(=O)(=O)O)c6c5)c(C)c4)cc3S(=O)(=O)O)c(S(=O)(=O)O)c2)ccc1N=Nc1ccc2c(S(=O)(=O)O)ccc(S(=O)(=O)O)c2c1. The molecule has 0 unspecified atom stereocenters. The lowest BCUT2D eigenvalue weighted by Gasteiger charge is -2.08. The van der Waals surface area contributed by atoms with Crippen molar-refractivity contribution >= 4 is 140 Å². The van der Waals surface area contributed by atoms with Gasteiger partial charge >= 0.3 is 0 Å². The predicted molar refractivity (Wildman–Crippen MR) is 287 cm³/mol. The maximum Gasteiger partial charge on any atom is 0.295 e. The second-order valence-corrected chi connectivity index (χ2v) is 25.5. The van der Waals surface area contributed by atoms with Crippen LogP contribution in [0, 0.1) is 13.8 Å². The van der Waals surface area contributed by atoms with Gasteiger partial charge in [0.25, 0.3) is 66.4 Å². The highest BCUT2D eigenvalue weighted by Crippen LogP contribution is 2.37. The van der Waals surface area contributed by atoms with Crippen LogP contribution in [0.15, 0.2) is 199 Å². The number of hydrogen-bond donors (Lipinski definition) is 7. The van der Waals surface area contributed by atoms with Crippen LogP contribution in [0.3, 0.4) is 0 Å². The summed E-state index contributed by atoms with van der Waals surface area (Å²) in [4.78, 5) is -3.80. The van der Waals surface area contributed by atoms with E-state index in [4.69, 9.17) is 0 Å². The van der Waals surface area contributed by atoms with Crippen molar-refractivity contribution in [3.63, 3.8) is 0 Å². The summed E-state index contributed by atoms with van der Waals surface area (Å²) in [6.07, 6.45) is 2.21. The summed E-state index contributed by atoms with van der Waals surface area (Å²) in [5, 5.41) is 38.4. The second kappa shape index (κ2) is 22.0. The Morgan fingerprint density at radius 3 is 1.27 bits per heavy atom. The molecule has 0 aliphatic rings. The van der Waals surface area contributed by atoms with Crippen LogP contribution in [0.2, 0.25) is 0 Å². The van der Waals surface area contributed by atoms with Crippen molar-refractivity contribution in [2.24, 2.45) is 35.8 Å². The summed E-state index contributed by atoms with van der Waals surface area (Å²) in [5.74, 6) is 0. The summed E-state index contributed by atoms with van der Waals surface area (Å²) in [7, 11) is -29.5. The van der Waals surface area contributed by atoms with Gasteiger partial charge in [-0.1, -0.05) is 36.4 Å². The molecule has 0 atom stereocenters. The van der Waals surface area contributed by atoms with E-state index >= 15 is 0 Å². The van der Waals surface area contributed by atoms with Crippen LogP contribution < -0.4 is 0 Å². The molecule has 8 rings (SSSR count). The van der Waals surface area contributed by atoms with Gasteiger partial charge in [-0.25, -0.2) is 0 Å². The summed E-state index contributed by atoms with van der Waals surface area (Å²) in [6.45, 7) is 3.17. The van der Waals surface area contributed by atoms with Crippen LogP contribution >= 0.6 is 0 Å². The first-order valence-corrected chi connectivity index (χ1v) is 30.9. The van der Waals surface area contributed by atoms with Crippen molar-refractivity contribution in [1.82, 2.24) is 0 Å². The lowest BCUT2D eigenvalue weighted by Crippen LogP contribution is -2.03. The minimum absolute atomic E-state index is 0.0345. The quantitative estimate of drug-likeness (QED) is 0.0155. The van der Waals surface area contributed by atoms with Crippen molar-refractivity contribution in [2.75, 3.05) is 0 Å². The molecular formula is C48H37N8O19S6+. The Labute approximate surface area is 459 Å². The molecule has 0 fully saturated rings. The smallest absolute Gasteiger partial charge is 0.282 e. The first-order chi connectivity index (χ1) is 37.6. The molecule has 33 heteroatoms. The van der Waals surface area contributed by atoms with Crippen LogP contribution in [0.4, 0.5) is 45.5 Å². The number of aryl methyl sites for hydroxylation is 2. The molecule has 27 nitrogen and oxygen atoms in total. The maximum absolute atomic E-state index is 12.6. The highest BCUT2D eigenvalue weighted by molar-refractivity contribution is 7.87. The summed E-state index contributed by atoms with van der Waals surface area (Å²) in [5.41, 5.74) is 0.635. The second-order valence-electron chi connectivity index (χ2n) is 17.1. The van der Waals surface area contributed by atoms with Gasteiger partial charge in [0, 0.05) is 33.7 Å². The number of hydrogen-bond acceptors (Lipinski definition) is 19. The number of benzene rings is 8. The van der Waals surface area contributed by atoms with E-state index in [2.05, 4.69) is 35.8 Å². The third-order valence-corrected chi connectivity index (χ3v) is 17.0. The molecule has 0 saturated heterocycles. The molecule has 7 N–H and O–H groups in total. The molecule has 0 aliphatic carbocycles. The zero-order valence-corrected chi connectivity index (χ0v) is 45.8. The fourth-order valence-electron chi connectivity index (χ4n) is 7.87. The highest BCUT2D eigenvalue weighted by Gasteiger charge is 2.25. The molecule has 81 heavy (non-hydrogen) atoms. The van der Waals surface area contributed by atoms with E-state index in [0.717, 1.165) is 66.7 Å². The van der Waals surface area contributed by atoms with Gasteiger partial charge in [0.1, 0.15) is 39.9 Å². The first-order valence-electron chi connectivity index (χ1n) is 22.3. The van der Waals surface area contributed by atoms with Gasteiger partial charge in [0.2, 0.25) is 0 Å². The molecule has 8 aromatic rings. The Hall–Kier alpha value is -8.32. The van der Waals surface area contributed by atoms with Gasteiger partial charge in [0.05, 0.1) is 39.2 Å². The van der Waals surface area contributed by atoms with E-state index in [1.807, 2.05) is 0 Å². The highest BCUT2D eigenvalue weighted by atomic mass is 32.2. The summed E-state index contributed by atoms with van der Waals surface area (Å²) >= 11 is 0. The lowest BCUT2D eigenvalue weighted by atomic mass is 10.1. The summed E-state index contributed by atoms with van der Waals surface area (Å²) in [6, 6.07) is 25.9. The molecule has 0 spiro atoms. The third-order valence-electron chi connectivity index (χ3n) is 11.6. The molecule has 0 aliphatic heterocycles. The van der Waals surface area contributed by atoms with Crippen molar-refractivity contribution in [2.45, 2.75) is 43.2 Å². The van der Waals surface area contributed by atoms with Crippen LogP contribution in [-0.4, -0.2) is 87.9 Å². The van der Waals surface area contributed by atoms with Crippen LogP contribution in [0.5, 0.6) is 0 Å². The van der Waals surface area contributed by atoms with E-state index < -0.39 is 90.1 Å². The molecule has 0 saturated carbocycles. The van der Waals surface area contributed by atoms with E-state index in [0.29, 0.717) is 11.1 Å². The maximum atomic E-state index is 12.6. The zero-order valence-electron chi connectivity index (χ0n) is 40.9. The minimum Gasteiger partial charge on any atom is -0.282 e.